The van der Waals surface area contributed by atoms with Gasteiger partial charge in [-0.25, -0.2) is 39.9 Å². The smallest absolute Gasteiger partial charge is 0.307 e. The van der Waals surface area contributed by atoms with Crippen LogP contribution >= 0.6 is 50.7 Å². The maximum absolute atomic E-state index is 13.9. The van der Waals surface area contributed by atoms with Crippen LogP contribution in [0.4, 0.5) is 37.5 Å². The molecule has 14 rings (SSSR count). The molecule has 8 aromatic heterocycles. The number of ether oxygens (including phenoxy) is 2. The Morgan fingerprint density at radius 1 is 0.495 bits per heavy atom. The van der Waals surface area contributed by atoms with Crippen LogP contribution in [0.3, 0.4) is 0 Å². The SMILES string of the molecule is C.C.COc1cc(F)c([N+](=O)[O-])cc1N.COc1cc(F)c([N+](=O)[O-])cc1Nc1nccc(-c2c3ccccc3nn2C)n1.Cc1ccnc(Cl)n1.Cn1nc2ccccc2c1-c1ccnc(Cl)n1.Cn1nc2ccccc2c1-c1ccnc(Cl)n1.Cn1nc2ccccc2c1Br. The Morgan fingerprint density at radius 2 is 0.856 bits per heavy atom. The molecule has 0 aliphatic heterocycles. The number of nitro groups is 2. The van der Waals surface area contributed by atoms with Gasteiger partial charge in [-0.1, -0.05) is 87.6 Å². The number of nitrogens with one attached hydrogen (secondary N) is 1. The predicted molar refractivity (Wildman–Crippen MR) is 376 cm³/mol. The van der Waals surface area contributed by atoms with Gasteiger partial charge in [-0.05, 0) is 106 Å². The summed E-state index contributed by atoms with van der Waals surface area (Å²) in [4.78, 5) is 52.0. The van der Waals surface area contributed by atoms with E-state index in [1.54, 1.807) is 41.6 Å². The molecule has 14 aromatic rings. The number of nitro benzene ring substituents is 2. The molecule has 0 aliphatic rings. The molecule has 6 aromatic carbocycles. The standard InChI is InChI=1S/C19H15FN6O3.2C12H9ClN4.C8H7BrN2.C7H7FN2O3.C5H5ClN2.2CH4/c1-25-18(11-5-3-4-6-13(11)24-25)14-7-8-21-19(22-14)23-15-10-16(26(27)28)12(20)9-17(15)29-2;2*1-17-11(10-6-7-14-12(13)15-10)8-4-2-3-5-9(8)16-17;1-11-8(9)6-4-2-3-5-7(6)10-11;1-13-7-2-4(8)6(10(11)12)3-5(7)9;1-4-2-3-7-5(6)8-4;;/h3-10H,1-2H3,(H,21,22,23);2*2-7H,1H3;2-5H,1H3;2-3H,9H2,1H3;2-3H,1H3;2*1H4. The zero-order valence-corrected chi connectivity index (χ0v) is 54.9. The quantitative estimate of drug-likeness (QED) is 0.0587. The van der Waals surface area contributed by atoms with Crippen LogP contribution in [0.25, 0.3) is 77.8 Å². The first-order chi connectivity index (χ1) is 45.6. The Balaban J connectivity index is 0.000000171. The first kappa shape index (κ1) is 73.1. The van der Waals surface area contributed by atoms with Crippen LogP contribution in [0.1, 0.15) is 20.5 Å². The number of anilines is 3. The van der Waals surface area contributed by atoms with Crippen molar-refractivity contribution in [2.75, 3.05) is 25.3 Å². The highest BCUT2D eigenvalue weighted by atomic mass is 79.9. The number of halogens is 6. The van der Waals surface area contributed by atoms with Gasteiger partial charge in [0.15, 0.2) is 0 Å². The highest BCUT2D eigenvalue weighted by Crippen LogP contribution is 2.35. The van der Waals surface area contributed by atoms with Crippen LogP contribution in [-0.4, -0.2) is 103 Å². The van der Waals surface area contributed by atoms with E-state index in [1.165, 1.54) is 14.2 Å². The largest absolute Gasteiger partial charge is 0.494 e. The van der Waals surface area contributed by atoms with E-state index >= 15 is 0 Å². The molecule has 97 heavy (non-hydrogen) atoms. The molecule has 0 radical (unpaired) electrons. The van der Waals surface area contributed by atoms with E-state index in [1.807, 2.05) is 158 Å². The van der Waals surface area contributed by atoms with E-state index in [0.29, 0.717) is 11.0 Å². The first-order valence-electron chi connectivity index (χ1n) is 27.8. The Kier molecular flexibility index (Phi) is 25.0. The molecule has 3 N–H and O–H groups in total. The molecule has 0 amide bonds. The molecule has 0 spiro atoms. The number of aryl methyl sites for hydroxylation is 5. The summed E-state index contributed by atoms with van der Waals surface area (Å²) in [6.07, 6.45) is 6.47. The Hall–Kier alpha value is -11.3. The second-order valence-corrected chi connectivity index (χ2v) is 21.5. The third-order valence-corrected chi connectivity index (χ3v) is 15.0. The van der Waals surface area contributed by atoms with Crippen LogP contribution in [0.15, 0.2) is 175 Å². The summed E-state index contributed by atoms with van der Waals surface area (Å²) in [5, 5.41) is 46.8. The van der Waals surface area contributed by atoms with Gasteiger partial charge in [-0.15, -0.1) is 0 Å². The van der Waals surface area contributed by atoms with E-state index in [4.69, 9.17) is 45.3 Å². The maximum atomic E-state index is 13.9. The minimum Gasteiger partial charge on any atom is -0.494 e. The predicted octanol–water partition coefficient (Wildman–Crippen LogP) is 15.6. The average molecular weight is 1440 g/mol. The van der Waals surface area contributed by atoms with Gasteiger partial charge in [0.05, 0.1) is 91.7 Å². The van der Waals surface area contributed by atoms with Crippen molar-refractivity contribution in [3.05, 3.63) is 228 Å². The number of nitrogens with zero attached hydrogens (tertiary/aromatic N) is 18. The molecule has 32 heteroatoms. The average Bonchev–Trinajstić information content (AvgIpc) is 1.70. The number of benzene rings is 6. The zero-order chi connectivity index (χ0) is 68.0. The van der Waals surface area contributed by atoms with Crippen molar-refractivity contribution >= 4 is 123 Å². The maximum Gasteiger partial charge on any atom is 0.307 e. The summed E-state index contributed by atoms with van der Waals surface area (Å²) < 4.78 is 44.7. The molecule has 26 nitrogen and oxygen atoms in total. The van der Waals surface area contributed by atoms with Gasteiger partial charge in [0.1, 0.15) is 16.1 Å². The normalized spacial score (nSPS) is 10.4. The summed E-state index contributed by atoms with van der Waals surface area (Å²) in [5.74, 6) is -1.60. The number of rotatable bonds is 9. The van der Waals surface area contributed by atoms with Gasteiger partial charge in [-0.2, -0.15) is 29.2 Å². The summed E-state index contributed by atoms with van der Waals surface area (Å²) in [7, 11) is 10.2. The van der Waals surface area contributed by atoms with Gasteiger partial charge in [0.2, 0.25) is 33.4 Å². The van der Waals surface area contributed by atoms with Gasteiger partial charge in [0, 0.05) is 104 Å². The fraction of sp³-hybridized carbons (Fsp3) is 0.138. The van der Waals surface area contributed by atoms with Crippen molar-refractivity contribution < 1.29 is 28.1 Å². The molecule has 498 valence electrons. The summed E-state index contributed by atoms with van der Waals surface area (Å²) in [5.41, 5.74) is 13.7. The highest BCUT2D eigenvalue weighted by molar-refractivity contribution is 9.10. The molecule has 0 unspecified atom stereocenters. The van der Waals surface area contributed by atoms with Gasteiger partial charge in [-0.3, -0.25) is 39.0 Å². The molecule has 8 heterocycles. The molecule has 0 bridgehead atoms. The van der Waals surface area contributed by atoms with Crippen molar-refractivity contribution in [3.63, 3.8) is 0 Å². The summed E-state index contributed by atoms with van der Waals surface area (Å²) in [6.45, 7) is 1.87. The number of methoxy groups -OCH3 is 2. The van der Waals surface area contributed by atoms with E-state index in [9.17, 15) is 29.0 Å². The molecule has 0 fully saturated rings. The van der Waals surface area contributed by atoms with Crippen molar-refractivity contribution in [2.45, 2.75) is 21.8 Å². The van der Waals surface area contributed by atoms with Crippen molar-refractivity contribution in [1.29, 1.82) is 0 Å². The highest BCUT2D eigenvalue weighted by Gasteiger charge is 2.22. The van der Waals surface area contributed by atoms with E-state index in [0.717, 1.165) is 107 Å². The number of hydrogen-bond donors (Lipinski definition) is 2. The van der Waals surface area contributed by atoms with Crippen LogP contribution in [0.2, 0.25) is 15.9 Å². The van der Waals surface area contributed by atoms with Crippen molar-refractivity contribution in [2.24, 2.45) is 28.2 Å². The first-order valence-corrected chi connectivity index (χ1v) is 29.7. The Bertz CT molecular complexity index is 4960. The lowest BCUT2D eigenvalue weighted by Gasteiger charge is -2.11. The van der Waals surface area contributed by atoms with E-state index in [-0.39, 0.29) is 54.2 Å². The fourth-order valence-corrected chi connectivity index (χ4v) is 10.2. The molecule has 0 saturated heterocycles. The number of nitrogens with two attached hydrogens (primary N) is 1. The lowest BCUT2D eigenvalue weighted by atomic mass is 10.1. The Morgan fingerprint density at radius 3 is 1.25 bits per heavy atom. The van der Waals surface area contributed by atoms with Crippen molar-refractivity contribution in [1.82, 2.24) is 79.0 Å². The number of aromatic nitrogens is 16. The molecular weight excluding hydrogens is 1380 g/mol. The minimum absolute atomic E-state index is 0. The molecule has 0 atom stereocenters. The topological polar surface area (TPSA) is 317 Å². The number of fused-ring (bicyclic) bond motifs is 4. The third-order valence-electron chi connectivity index (χ3n) is 13.5. The van der Waals surface area contributed by atoms with Crippen LogP contribution in [0.5, 0.6) is 11.5 Å². The van der Waals surface area contributed by atoms with E-state index < -0.39 is 32.9 Å². The lowest BCUT2D eigenvalue weighted by molar-refractivity contribution is -0.387. The zero-order valence-electron chi connectivity index (χ0n) is 51.0. The fourth-order valence-electron chi connectivity index (χ4n) is 9.32. The molecular formula is C65H60BrCl3F2N20O6. The van der Waals surface area contributed by atoms with Crippen LogP contribution in [0, 0.1) is 38.8 Å². The van der Waals surface area contributed by atoms with Crippen LogP contribution in [-0.2, 0) is 28.2 Å². The lowest BCUT2D eigenvalue weighted by Crippen LogP contribution is -2.03. The molecule has 0 saturated carbocycles. The van der Waals surface area contributed by atoms with Gasteiger partial charge < -0.3 is 20.5 Å². The van der Waals surface area contributed by atoms with Gasteiger partial charge >= 0.3 is 11.4 Å². The summed E-state index contributed by atoms with van der Waals surface area (Å²) in [6, 6.07) is 42.6. The Labute approximate surface area is 576 Å². The number of nitrogen functional groups attached to an aromatic ring is 1. The monoisotopic (exact) mass is 1440 g/mol. The summed E-state index contributed by atoms with van der Waals surface area (Å²) >= 11 is 20.5. The minimum atomic E-state index is -0.992. The van der Waals surface area contributed by atoms with Crippen molar-refractivity contribution in [3.8, 4) is 45.7 Å². The number of hydrogen-bond acceptors (Lipinski definition) is 20. The van der Waals surface area contributed by atoms with Gasteiger partial charge in [0.25, 0.3) is 0 Å². The molecule has 0 aliphatic carbocycles. The van der Waals surface area contributed by atoms with Crippen LogP contribution < -0.4 is 20.5 Å². The second kappa shape index (κ2) is 33.2. The second-order valence-electron chi connectivity index (χ2n) is 19.7. The third kappa shape index (κ3) is 17.8. The van der Waals surface area contributed by atoms with E-state index in [2.05, 4.69) is 86.3 Å².